The third-order valence-corrected chi connectivity index (χ3v) is 2.24. The first-order chi connectivity index (χ1) is 7.88. The first-order valence-electron chi connectivity index (χ1n) is 6.07. The highest BCUT2D eigenvalue weighted by Crippen LogP contribution is 2.11. The average molecular weight is 280 g/mol. The van der Waals surface area contributed by atoms with Crippen molar-refractivity contribution in [2.45, 2.75) is 33.6 Å². The zero-order chi connectivity index (χ0) is 13.3. The van der Waals surface area contributed by atoms with Crippen LogP contribution in [0.4, 0.5) is 0 Å². The topological polar surface area (TPSA) is 70.2 Å². The SMILES string of the molecule is CNCCCC(=O)NCCNC(=O)C(C)(C)C.Cl. The Morgan fingerprint density at radius 1 is 1.00 bits per heavy atom. The zero-order valence-electron chi connectivity index (χ0n) is 11.8. The molecule has 0 aliphatic rings. The average Bonchev–Trinajstić information content (AvgIpc) is 2.23. The summed E-state index contributed by atoms with van der Waals surface area (Å²) in [7, 11) is 1.86. The van der Waals surface area contributed by atoms with Crippen LogP contribution in [0.25, 0.3) is 0 Å². The fourth-order valence-corrected chi connectivity index (χ4v) is 1.16. The number of halogens is 1. The van der Waals surface area contributed by atoms with Gasteiger partial charge in [-0.25, -0.2) is 0 Å². The number of hydrogen-bond donors (Lipinski definition) is 3. The second-order valence-corrected chi connectivity index (χ2v) is 5.06. The Balaban J connectivity index is 0. The summed E-state index contributed by atoms with van der Waals surface area (Å²) < 4.78 is 0. The van der Waals surface area contributed by atoms with Crippen LogP contribution in [-0.2, 0) is 9.59 Å². The maximum absolute atomic E-state index is 11.5. The van der Waals surface area contributed by atoms with E-state index in [9.17, 15) is 9.59 Å². The summed E-state index contributed by atoms with van der Waals surface area (Å²) in [5, 5.41) is 8.53. The van der Waals surface area contributed by atoms with Crippen molar-refractivity contribution in [1.29, 1.82) is 0 Å². The van der Waals surface area contributed by atoms with E-state index in [4.69, 9.17) is 0 Å². The van der Waals surface area contributed by atoms with Crippen LogP contribution in [0.15, 0.2) is 0 Å². The molecule has 0 atom stereocenters. The van der Waals surface area contributed by atoms with Gasteiger partial charge in [-0.1, -0.05) is 20.8 Å². The number of hydrogen-bond acceptors (Lipinski definition) is 3. The Morgan fingerprint density at radius 3 is 2.06 bits per heavy atom. The lowest BCUT2D eigenvalue weighted by atomic mass is 9.96. The normalized spacial score (nSPS) is 10.4. The molecule has 0 unspecified atom stereocenters. The molecule has 108 valence electrons. The van der Waals surface area contributed by atoms with E-state index in [2.05, 4.69) is 16.0 Å². The van der Waals surface area contributed by atoms with Gasteiger partial charge in [-0.2, -0.15) is 0 Å². The number of carbonyl (C=O) groups excluding carboxylic acids is 2. The summed E-state index contributed by atoms with van der Waals surface area (Å²) >= 11 is 0. The van der Waals surface area contributed by atoms with E-state index in [1.54, 1.807) is 0 Å². The van der Waals surface area contributed by atoms with Gasteiger partial charge in [0.15, 0.2) is 0 Å². The van der Waals surface area contributed by atoms with Crippen molar-refractivity contribution in [3.8, 4) is 0 Å². The van der Waals surface area contributed by atoms with Gasteiger partial charge < -0.3 is 16.0 Å². The highest BCUT2D eigenvalue weighted by atomic mass is 35.5. The predicted octanol–water partition coefficient (Wildman–Crippen LogP) is 0.686. The van der Waals surface area contributed by atoms with Crippen LogP contribution in [-0.4, -0.2) is 38.5 Å². The second kappa shape index (κ2) is 10.1. The maximum atomic E-state index is 11.5. The molecule has 0 saturated carbocycles. The number of carbonyl (C=O) groups is 2. The molecule has 0 aliphatic heterocycles. The minimum atomic E-state index is -0.378. The zero-order valence-corrected chi connectivity index (χ0v) is 12.6. The summed E-state index contributed by atoms with van der Waals surface area (Å²) in [6.45, 7) is 7.39. The largest absolute Gasteiger partial charge is 0.354 e. The van der Waals surface area contributed by atoms with Crippen molar-refractivity contribution < 1.29 is 9.59 Å². The molecule has 3 N–H and O–H groups in total. The molecule has 0 heterocycles. The van der Waals surface area contributed by atoms with Gasteiger partial charge in [0.2, 0.25) is 11.8 Å². The molecule has 0 saturated heterocycles. The molecule has 0 bridgehead atoms. The van der Waals surface area contributed by atoms with Crippen molar-refractivity contribution in [2.24, 2.45) is 5.41 Å². The minimum absolute atomic E-state index is 0. The Kier molecular flexibility index (Phi) is 11.0. The molecular formula is C12H26ClN3O2. The summed E-state index contributed by atoms with van der Waals surface area (Å²) in [6.07, 6.45) is 1.35. The van der Waals surface area contributed by atoms with Gasteiger partial charge in [0.05, 0.1) is 0 Å². The van der Waals surface area contributed by atoms with Crippen molar-refractivity contribution >= 4 is 24.2 Å². The van der Waals surface area contributed by atoms with Crippen LogP contribution in [0.3, 0.4) is 0 Å². The maximum Gasteiger partial charge on any atom is 0.225 e. The van der Waals surface area contributed by atoms with Crippen LogP contribution in [0.2, 0.25) is 0 Å². The first-order valence-corrected chi connectivity index (χ1v) is 6.07. The number of rotatable bonds is 7. The van der Waals surface area contributed by atoms with Crippen LogP contribution in [0.5, 0.6) is 0 Å². The molecule has 0 aliphatic carbocycles. The fourth-order valence-electron chi connectivity index (χ4n) is 1.16. The number of nitrogens with one attached hydrogen (secondary N) is 3. The molecule has 0 spiro atoms. The Labute approximate surface area is 116 Å². The molecule has 0 radical (unpaired) electrons. The van der Waals surface area contributed by atoms with E-state index in [0.717, 1.165) is 13.0 Å². The first kappa shape index (κ1) is 19.5. The summed E-state index contributed by atoms with van der Waals surface area (Å²) in [5.74, 6) is 0.0344. The van der Waals surface area contributed by atoms with Gasteiger partial charge in [-0.3, -0.25) is 9.59 Å². The molecule has 6 heteroatoms. The van der Waals surface area contributed by atoms with Crippen molar-refractivity contribution in [1.82, 2.24) is 16.0 Å². The van der Waals surface area contributed by atoms with Gasteiger partial charge in [0.25, 0.3) is 0 Å². The lowest BCUT2D eigenvalue weighted by Crippen LogP contribution is -2.39. The van der Waals surface area contributed by atoms with Gasteiger partial charge in [0, 0.05) is 24.9 Å². The summed E-state index contributed by atoms with van der Waals surface area (Å²) in [4.78, 5) is 22.8. The van der Waals surface area contributed by atoms with Crippen LogP contribution in [0, 0.1) is 5.41 Å². The van der Waals surface area contributed by atoms with E-state index in [-0.39, 0.29) is 29.6 Å². The summed E-state index contributed by atoms with van der Waals surface area (Å²) in [6, 6.07) is 0. The fraction of sp³-hybridized carbons (Fsp3) is 0.833. The summed E-state index contributed by atoms with van der Waals surface area (Å²) in [5.41, 5.74) is -0.378. The van der Waals surface area contributed by atoms with E-state index < -0.39 is 0 Å². The van der Waals surface area contributed by atoms with E-state index in [1.807, 2.05) is 27.8 Å². The van der Waals surface area contributed by atoms with Gasteiger partial charge in [0.1, 0.15) is 0 Å². The van der Waals surface area contributed by atoms with Crippen molar-refractivity contribution in [3.05, 3.63) is 0 Å². The van der Waals surface area contributed by atoms with Crippen molar-refractivity contribution in [2.75, 3.05) is 26.7 Å². The monoisotopic (exact) mass is 279 g/mol. The van der Waals surface area contributed by atoms with Gasteiger partial charge in [-0.05, 0) is 20.0 Å². The van der Waals surface area contributed by atoms with Gasteiger partial charge in [-0.15, -0.1) is 12.4 Å². The van der Waals surface area contributed by atoms with Gasteiger partial charge >= 0.3 is 0 Å². The Bertz CT molecular complexity index is 252. The van der Waals surface area contributed by atoms with E-state index in [0.29, 0.717) is 19.5 Å². The predicted molar refractivity (Wildman–Crippen MR) is 75.9 cm³/mol. The molecule has 18 heavy (non-hydrogen) atoms. The second-order valence-electron chi connectivity index (χ2n) is 5.06. The molecule has 0 aromatic heterocycles. The molecule has 2 amide bonds. The van der Waals surface area contributed by atoms with Crippen LogP contribution in [0.1, 0.15) is 33.6 Å². The van der Waals surface area contributed by atoms with E-state index >= 15 is 0 Å². The third-order valence-electron chi connectivity index (χ3n) is 2.24. The van der Waals surface area contributed by atoms with Crippen LogP contribution >= 0.6 is 12.4 Å². The quantitative estimate of drug-likeness (QED) is 0.601. The minimum Gasteiger partial charge on any atom is -0.354 e. The molecule has 0 rings (SSSR count). The third kappa shape index (κ3) is 10.4. The highest BCUT2D eigenvalue weighted by Gasteiger charge is 2.20. The van der Waals surface area contributed by atoms with E-state index in [1.165, 1.54) is 0 Å². The lowest BCUT2D eigenvalue weighted by molar-refractivity contribution is -0.128. The highest BCUT2D eigenvalue weighted by molar-refractivity contribution is 5.85. The Hall–Kier alpha value is -0.810. The lowest BCUT2D eigenvalue weighted by Gasteiger charge is -2.17. The van der Waals surface area contributed by atoms with Crippen LogP contribution < -0.4 is 16.0 Å². The standard InChI is InChI=1S/C12H25N3O2.ClH/c1-12(2,3)11(17)15-9-8-14-10(16)6-5-7-13-4;/h13H,5-9H2,1-4H3,(H,14,16)(H,15,17);1H. The number of amides is 2. The Morgan fingerprint density at radius 2 is 1.56 bits per heavy atom. The molecule has 0 aromatic rings. The molecule has 0 fully saturated rings. The van der Waals surface area contributed by atoms with Crippen molar-refractivity contribution in [3.63, 3.8) is 0 Å². The smallest absolute Gasteiger partial charge is 0.225 e. The molecular weight excluding hydrogens is 254 g/mol. The molecule has 5 nitrogen and oxygen atoms in total. The molecule has 0 aromatic carbocycles.